The van der Waals surface area contributed by atoms with Gasteiger partial charge in [-0.05, 0) is 49.8 Å². The number of hydrogen-bond donors (Lipinski definition) is 1. The quantitative estimate of drug-likeness (QED) is 0.656. The lowest BCUT2D eigenvalue weighted by molar-refractivity contribution is 0.338. The van der Waals surface area contributed by atoms with E-state index in [1.807, 2.05) is 12.1 Å². The van der Waals surface area contributed by atoms with Crippen LogP contribution in [0.4, 0.5) is 0 Å². The van der Waals surface area contributed by atoms with Gasteiger partial charge in [-0.3, -0.25) is 0 Å². The van der Waals surface area contributed by atoms with Crippen molar-refractivity contribution >= 4 is 16.0 Å². The number of benzene rings is 1. The Kier molecular flexibility index (Phi) is 5.96. The van der Waals surface area contributed by atoms with Gasteiger partial charge in [0.05, 0.1) is 11.4 Å². The summed E-state index contributed by atoms with van der Waals surface area (Å²) in [6.45, 7) is 3.68. The van der Waals surface area contributed by atoms with E-state index in [9.17, 15) is 8.42 Å². The molecule has 0 radical (unpaired) electrons. The second-order valence-corrected chi connectivity index (χ2v) is 8.77. The lowest BCUT2D eigenvalue weighted by Gasteiger charge is -2.27. The van der Waals surface area contributed by atoms with Gasteiger partial charge in [-0.1, -0.05) is 18.6 Å². The number of rotatable bonds is 4. The van der Waals surface area contributed by atoms with Crippen LogP contribution in [0.15, 0.2) is 34.2 Å². The summed E-state index contributed by atoms with van der Waals surface area (Å²) in [5.41, 5.74) is 7.04. The van der Waals surface area contributed by atoms with E-state index in [0.717, 1.165) is 37.9 Å². The molecule has 25 heavy (non-hydrogen) atoms. The van der Waals surface area contributed by atoms with Crippen LogP contribution in [-0.2, 0) is 16.6 Å². The van der Waals surface area contributed by atoms with Crippen LogP contribution >= 0.6 is 0 Å². The minimum atomic E-state index is -3.36. The molecular formula is C18H28N4O2S. The first-order chi connectivity index (χ1) is 12.1. The minimum absolute atomic E-state index is 0.367. The predicted octanol–water partition coefficient (Wildman–Crippen LogP) is 2.16. The highest BCUT2D eigenvalue weighted by molar-refractivity contribution is 7.89. The predicted molar refractivity (Wildman–Crippen MR) is 99.8 cm³/mol. The SMILES string of the molecule is NC(=NCc1ccc(S(=O)(=O)N2CCCCC2)cc1)N1CCCCC1. The van der Waals surface area contributed by atoms with Crippen molar-refractivity contribution in [2.24, 2.45) is 10.7 Å². The number of piperidine rings is 2. The highest BCUT2D eigenvalue weighted by Crippen LogP contribution is 2.21. The molecule has 2 fully saturated rings. The second kappa shape index (κ2) is 8.19. The van der Waals surface area contributed by atoms with Gasteiger partial charge in [-0.15, -0.1) is 0 Å². The second-order valence-electron chi connectivity index (χ2n) is 6.83. The van der Waals surface area contributed by atoms with Crippen LogP contribution < -0.4 is 5.73 Å². The number of guanidine groups is 1. The number of sulfonamides is 1. The van der Waals surface area contributed by atoms with Gasteiger partial charge >= 0.3 is 0 Å². The van der Waals surface area contributed by atoms with Crippen LogP contribution in [0.5, 0.6) is 0 Å². The monoisotopic (exact) mass is 364 g/mol. The Balaban J connectivity index is 1.63. The molecule has 2 heterocycles. The van der Waals surface area contributed by atoms with Gasteiger partial charge in [0.15, 0.2) is 5.96 Å². The molecule has 0 unspecified atom stereocenters. The van der Waals surface area contributed by atoms with Crippen LogP contribution in [0.2, 0.25) is 0 Å². The van der Waals surface area contributed by atoms with Crippen molar-refractivity contribution in [3.8, 4) is 0 Å². The lowest BCUT2D eigenvalue weighted by Crippen LogP contribution is -2.40. The highest BCUT2D eigenvalue weighted by atomic mass is 32.2. The number of nitrogens with zero attached hydrogens (tertiary/aromatic N) is 3. The molecule has 1 aromatic carbocycles. The molecule has 0 spiro atoms. The van der Waals surface area contributed by atoms with E-state index >= 15 is 0 Å². The van der Waals surface area contributed by atoms with Crippen molar-refractivity contribution in [1.29, 1.82) is 0 Å². The molecule has 0 atom stereocenters. The third kappa shape index (κ3) is 4.52. The number of hydrogen-bond acceptors (Lipinski definition) is 3. The van der Waals surface area contributed by atoms with E-state index < -0.39 is 10.0 Å². The Morgan fingerprint density at radius 3 is 2.08 bits per heavy atom. The van der Waals surface area contributed by atoms with Crippen LogP contribution in [0.25, 0.3) is 0 Å². The van der Waals surface area contributed by atoms with E-state index in [-0.39, 0.29) is 0 Å². The van der Waals surface area contributed by atoms with Gasteiger partial charge in [0, 0.05) is 26.2 Å². The van der Waals surface area contributed by atoms with Crippen molar-refractivity contribution < 1.29 is 8.42 Å². The summed E-state index contributed by atoms with van der Waals surface area (Å²) in [5, 5.41) is 0. The average molecular weight is 365 g/mol. The summed E-state index contributed by atoms with van der Waals surface area (Å²) < 4.78 is 26.9. The van der Waals surface area contributed by atoms with Gasteiger partial charge in [-0.25, -0.2) is 13.4 Å². The molecule has 1 aromatic rings. The Labute approximate surface area is 150 Å². The minimum Gasteiger partial charge on any atom is -0.370 e. The third-order valence-electron chi connectivity index (χ3n) is 4.98. The van der Waals surface area contributed by atoms with Crippen molar-refractivity contribution in [3.63, 3.8) is 0 Å². The highest BCUT2D eigenvalue weighted by Gasteiger charge is 2.25. The number of nitrogens with two attached hydrogens (primary N) is 1. The summed E-state index contributed by atoms with van der Waals surface area (Å²) in [6, 6.07) is 7.05. The van der Waals surface area contributed by atoms with E-state index in [1.54, 1.807) is 16.4 Å². The van der Waals surface area contributed by atoms with E-state index in [4.69, 9.17) is 5.73 Å². The van der Waals surface area contributed by atoms with Gasteiger partial charge in [0.2, 0.25) is 10.0 Å². The van der Waals surface area contributed by atoms with Gasteiger partial charge in [0.1, 0.15) is 0 Å². The van der Waals surface area contributed by atoms with Crippen LogP contribution in [0, 0.1) is 0 Å². The molecule has 2 aliphatic heterocycles. The van der Waals surface area contributed by atoms with Crippen LogP contribution in [0.3, 0.4) is 0 Å². The van der Waals surface area contributed by atoms with Crippen LogP contribution in [0.1, 0.15) is 44.1 Å². The van der Waals surface area contributed by atoms with Gasteiger partial charge in [-0.2, -0.15) is 4.31 Å². The fourth-order valence-electron chi connectivity index (χ4n) is 3.42. The molecule has 0 aromatic heterocycles. The van der Waals surface area contributed by atoms with Crippen molar-refractivity contribution in [3.05, 3.63) is 29.8 Å². The molecule has 6 nitrogen and oxygen atoms in total. The smallest absolute Gasteiger partial charge is 0.243 e. The molecule has 2 aliphatic rings. The molecule has 3 rings (SSSR count). The summed E-state index contributed by atoms with van der Waals surface area (Å²) >= 11 is 0. The summed E-state index contributed by atoms with van der Waals surface area (Å²) in [6.07, 6.45) is 6.60. The van der Waals surface area contributed by atoms with Crippen molar-refractivity contribution in [2.45, 2.75) is 50.0 Å². The molecule has 7 heteroatoms. The zero-order chi connectivity index (χ0) is 17.7. The van der Waals surface area contributed by atoms with Crippen LogP contribution in [-0.4, -0.2) is 49.8 Å². The number of aliphatic imine (C=N–C) groups is 1. The Morgan fingerprint density at radius 1 is 0.920 bits per heavy atom. The van der Waals surface area contributed by atoms with Gasteiger partial charge < -0.3 is 10.6 Å². The largest absolute Gasteiger partial charge is 0.370 e. The Hall–Kier alpha value is -1.60. The van der Waals surface area contributed by atoms with Crippen molar-refractivity contribution in [1.82, 2.24) is 9.21 Å². The Bertz CT molecular complexity index is 688. The first-order valence-corrected chi connectivity index (χ1v) is 10.7. The van der Waals surface area contributed by atoms with Gasteiger partial charge in [0.25, 0.3) is 0 Å². The number of likely N-dealkylation sites (tertiary alicyclic amines) is 1. The summed E-state index contributed by atoms with van der Waals surface area (Å²) in [7, 11) is -3.36. The lowest BCUT2D eigenvalue weighted by atomic mass is 10.1. The average Bonchev–Trinajstić information content (AvgIpc) is 2.68. The zero-order valence-corrected chi connectivity index (χ0v) is 15.5. The first-order valence-electron chi connectivity index (χ1n) is 9.21. The molecule has 0 aliphatic carbocycles. The standard InChI is InChI=1S/C18H28N4O2S/c19-18(21-11-3-1-4-12-21)20-15-16-7-9-17(10-8-16)25(23,24)22-13-5-2-6-14-22/h7-10H,1-6,11-15H2,(H2,19,20). The molecule has 138 valence electrons. The first kappa shape index (κ1) is 18.2. The maximum Gasteiger partial charge on any atom is 0.243 e. The molecule has 0 amide bonds. The van der Waals surface area contributed by atoms with E-state index in [1.165, 1.54) is 19.3 Å². The molecule has 2 N–H and O–H groups in total. The fourth-order valence-corrected chi connectivity index (χ4v) is 4.93. The molecule has 0 saturated carbocycles. The zero-order valence-electron chi connectivity index (χ0n) is 14.7. The maximum atomic E-state index is 12.6. The van der Waals surface area contributed by atoms with Crippen molar-refractivity contribution in [2.75, 3.05) is 26.2 Å². The molecule has 2 saturated heterocycles. The maximum absolute atomic E-state index is 12.6. The topological polar surface area (TPSA) is 79.0 Å². The summed E-state index contributed by atoms with van der Waals surface area (Å²) in [4.78, 5) is 6.95. The molecule has 0 bridgehead atoms. The van der Waals surface area contributed by atoms with E-state index in [2.05, 4.69) is 9.89 Å². The Morgan fingerprint density at radius 2 is 1.48 bits per heavy atom. The summed E-state index contributed by atoms with van der Waals surface area (Å²) in [5.74, 6) is 0.588. The van der Waals surface area contributed by atoms with E-state index in [0.29, 0.717) is 30.5 Å². The normalized spacial score (nSPS) is 20.6. The molecular weight excluding hydrogens is 336 g/mol. The third-order valence-corrected chi connectivity index (χ3v) is 6.89. The fraction of sp³-hybridized carbons (Fsp3) is 0.611.